The summed E-state index contributed by atoms with van der Waals surface area (Å²) in [6, 6.07) is 5.63. The molecule has 4 rings (SSSR count). The molecular weight excluding hydrogens is 322 g/mol. The number of esters is 1. The van der Waals surface area contributed by atoms with Crippen molar-refractivity contribution in [1.82, 2.24) is 0 Å². The Kier molecular flexibility index (Phi) is 3.37. The van der Waals surface area contributed by atoms with Crippen LogP contribution >= 0.6 is 0 Å². The van der Waals surface area contributed by atoms with E-state index in [0.717, 1.165) is 11.1 Å². The number of hydrogen-bond donors (Lipinski definition) is 0. The van der Waals surface area contributed by atoms with E-state index in [9.17, 15) is 14.4 Å². The molecule has 2 saturated heterocycles. The highest BCUT2D eigenvalue weighted by Gasteiger charge is 2.68. The lowest BCUT2D eigenvalue weighted by Crippen LogP contribution is -2.44. The van der Waals surface area contributed by atoms with Gasteiger partial charge in [0.1, 0.15) is 12.2 Å². The third-order valence-electron chi connectivity index (χ3n) is 5.25. The molecule has 0 unspecified atom stereocenters. The van der Waals surface area contributed by atoms with Crippen LogP contribution < -0.4 is 4.90 Å². The number of imide groups is 1. The Morgan fingerprint density at radius 2 is 2.04 bits per heavy atom. The summed E-state index contributed by atoms with van der Waals surface area (Å²) in [7, 11) is 0. The zero-order chi connectivity index (χ0) is 17.9. The third kappa shape index (κ3) is 2.17. The maximum absolute atomic E-state index is 13.1. The first kappa shape index (κ1) is 16.0. The smallest absolute Gasteiger partial charge is 0.302 e. The van der Waals surface area contributed by atoms with Gasteiger partial charge in [0.25, 0.3) is 0 Å². The Morgan fingerprint density at radius 3 is 2.72 bits per heavy atom. The van der Waals surface area contributed by atoms with E-state index in [1.807, 2.05) is 26.0 Å². The van der Waals surface area contributed by atoms with E-state index < -0.39 is 29.5 Å². The average Bonchev–Trinajstić information content (AvgIpc) is 3.18. The number of aryl methyl sites for hydroxylation is 2. The number of amides is 2. The van der Waals surface area contributed by atoms with Gasteiger partial charge in [-0.1, -0.05) is 23.8 Å². The number of carbonyl (C=O) groups excluding carboxylic acids is 3. The fourth-order valence-corrected chi connectivity index (χ4v) is 4.18. The van der Waals surface area contributed by atoms with Crippen LogP contribution in [-0.4, -0.2) is 36.1 Å². The summed E-state index contributed by atoms with van der Waals surface area (Å²) in [4.78, 5) is 38.6. The Hall–Kier alpha value is -2.47. The molecule has 0 radical (unpaired) electrons. The molecule has 1 aromatic carbocycles. The van der Waals surface area contributed by atoms with Crippen LogP contribution in [-0.2, 0) is 23.9 Å². The lowest BCUT2D eigenvalue weighted by Gasteiger charge is -2.28. The Balaban J connectivity index is 1.72. The standard InChI is InChI=1S/C19H19NO5/c1-10-4-5-13(11(2)8-10)20-17(22)15-14-6-7-19(25-14,9-24-12(3)21)16(15)18(20)23/h4-8,14-16H,9H2,1-3H3/t14-,15+,16-,19-/m1/s1. The SMILES string of the molecule is CC(=O)OC[C@@]12C=C[C@@H](O1)[C@@H]1C(=O)N(c3ccc(C)cc3C)C(=O)[C@@H]12. The highest BCUT2D eigenvalue weighted by Crippen LogP contribution is 2.52. The summed E-state index contributed by atoms with van der Waals surface area (Å²) in [5, 5.41) is 0. The number of carbonyl (C=O) groups is 3. The number of hydrogen-bond acceptors (Lipinski definition) is 5. The van der Waals surface area contributed by atoms with Gasteiger partial charge in [0.2, 0.25) is 11.8 Å². The maximum atomic E-state index is 13.1. The molecule has 2 amide bonds. The van der Waals surface area contributed by atoms with Crippen LogP contribution in [0.15, 0.2) is 30.4 Å². The van der Waals surface area contributed by atoms with Crippen molar-refractivity contribution < 1.29 is 23.9 Å². The minimum Gasteiger partial charge on any atom is -0.462 e. The van der Waals surface area contributed by atoms with Crippen molar-refractivity contribution in [3.8, 4) is 0 Å². The zero-order valence-electron chi connectivity index (χ0n) is 14.3. The van der Waals surface area contributed by atoms with E-state index in [1.54, 1.807) is 18.2 Å². The monoisotopic (exact) mass is 341 g/mol. The third-order valence-corrected chi connectivity index (χ3v) is 5.25. The lowest BCUT2D eigenvalue weighted by molar-refractivity contribution is -0.150. The first-order chi connectivity index (χ1) is 11.8. The minimum atomic E-state index is -1.04. The quantitative estimate of drug-likeness (QED) is 0.475. The van der Waals surface area contributed by atoms with Crippen LogP contribution in [0.2, 0.25) is 0 Å². The molecule has 0 aromatic heterocycles. The molecule has 25 heavy (non-hydrogen) atoms. The number of fused-ring (bicyclic) bond motifs is 5. The molecule has 0 aliphatic carbocycles. The molecule has 2 bridgehead atoms. The highest BCUT2D eigenvalue weighted by atomic mass is 16.6. The molecule has 0 spiro atoms. The van der Waals surface area contributed by atoms with E-state index in [4.69, 9.17) is 9.47 Å². The van der Waals surface area contributed by atoms with Crippen LogP contribution in [0.5, 0.6) is 0 Å². The summed E-state index contributed by atoms with van der Waals surface area (Å²) in [5.41, 5.74) is 1.51. The zero-order valence-corrected chi connectivity index (χ0v) is 14.3. The van der Waals surface area contributed by atoms with Gasteiger partial charge in [-0.25, -0.2) is 4.90 Å². The first-order valence-corrected chi connectivity index (χ1v) is 8.30. The van der Waals surface area contributed by atoms with Gasteiger partial charge in [-0.3, -0.25) is 14.4 Å². The van der Waals surface area contributed by atoms with E-state index in [-0.39, 0.29) is 18.4 Å². The van der Waals surface area contributed by atoms with Crippen molar-refractivity contribution in [1.29, 1.82) is 0 Å². The van der Waals surface area contributed by atoms with Crippen LogP contribution in [0, 0.1) is 25.7 Å². The first-order valence-electron chi connectivity index (χ1n) is 8.30. The van der Waals surface area contributed by atoms with Gasteiger partial charge in [0.15, 0.2) is 0 Å². The van der Waals surface area contributed by atoms with E-state index in [0.29, 0.717) is 5.69 Å². The minimum absolute atomic E-state index is 0.0593. The molecule has 130 valence electrons. The summed E-state index contributed by atoms with van der Waals surface area (Å²) >= 11 is 0. The number of rotatable bonds is 3. The van der Waals surface area contributed by atoms with Crippen molar-refractivity contribution in [3.63, 3.8) is 0 Å². The topological polar surface area (TPSA) is 72.9 Å². The summed E-state index contributed by atoms with van der Waals surface area (Å²) in [6.07, 6.45) is 3.10. The number of ether oxygens (including phenoxy) is 2. The second-order valence-corrected chi connectivity index (χ2v) is 6.98. The summed E-state index contributed by atoms with van der Waals surface area (Å²) in [6.45, 7) is 5.10. The van der Waals surface area contributed by atoms with Crippen molar-refractivity contribution in [3.05, 3.63) is 41.5 Å². The van der Waals surface area contributed by atoms with Gasteiger partial charge in [0.05, 0.1) is 23.6 Å². The predicted octanol–water partition coefficient (Wildman–Crippen LogP) is 1.68. The molecule has 2 fully saturated rings. The van der Waals surface area contributed by atoms with Crippen molar-refractivity contribution in [2.24, 2.45) is 11.8 Å². The van der Waals surface area contributed by atoms with Crippen LogP contribution in [0.1, 0.15) is 18.1 Å². The summed E-state index contributed by atoms with van der Waals surface area (Å²) in [5.74, 6) is -2.20. The molecule has 0 saturated carbocycles. The molecule has 3 aliphatic heterocycles. The largest absolute Gasteiger partial charge is 0.462 e. The Labute approximate surface area is 145 Å². The van der Waals surface area contributed by atoms with Crippen molar-refractivity contribution in [2.45, 2.75) is 32.5 Å². The number of anilines is 1. The molecule has 6 heteroatoms. The number of nitrogens with zero attached hydrogens (tertiary/aromatic N) is 1. The van der Waals surface area contributed by atoms with Crippen LogP contribution in [0.25, 0.3) is 0 Å². The Bertz CT molecular complexity index is 829. The highest BCUT2D eigenvalue weighted by molar-refractivity contribution is 6.23. The average molecular weight is 341 g/mol. The second kappa shape index (κ2) is 5.26. The Morgan fingerprint density at radius 1 is 1.28 bits per heavy atom. The molecule has 3 heterocycles. The molecule has 0 N–H and O–H groups in total. The van der Waals surface area contributed by atoms with E-state index >= 15 is 0 Å². The van der Waals surface area contributed by atoms with Crippen molar-refractivity contribution in [2.75, 3.05) is 11.5 Å². The molecule has 6 nitrogen and oxygen atoms in total. The fourth-order valence-electron chi connectivity index (χ4n) is 4.18. The maximum Gasteiger partial charge on any atom is 0.302 e. The van der Waals surface area contributed by atoms with Crippen LogP contribution in [0.3, 0.4) is 0 Å². The molecule has 3 aliphatic rings. The van der Waals surface area contributed by atoms with Gasteiger partial charge < -0.3 is 9.47 Å². The van der Waals surface area contributed by atoms with Gasteiger partial charge in [-0.05, 0) is 31.6 Å². The molecular formula is C19H19NO5. The van der Waals surface area contributed by atoms with Gasteiger partial charge in [-0.2, -0.15) is 0 Å². The van der Waals surface area contributed by atoms with Gasteiger partial charge in [-0.15, -0.1) is 0 Å². The molecule has 1 aromatic rings. The van der Waals surface area contributed by atoms with E-state index in [2.05, 4.69) is 0 Å². The van der Waals surface area contributed by atoms with Gasteiger partial charge >= 0.3 is 5.97 Å². The van der Waals surface area contributed by atoms with Gasteiger partial charge in [0, 0.05) is 6.92 Å². The van der Waals surface area contributed by atoms with Crippen molar-refractivity contribution >= 4 is 23.5 Å². The predicted molar refractivity (Wildman–Crippen MR) is 88.8 cm³/mol. The lowest BCUT2D eigenvalue weighted by atomic mass is 9.77. The molecule has 4 atom stereocenters. The normalized spacial score (nSPS) is 32.4. The fraction of sp³-hybridized carbons (Fsp3) is 0.421. The second-order valence-electron chi connectivity index (χ2n) is 6.98. The number of benzene rings is 1. The van der Waals surface area contributed by atoms with E-state index in [1.165, 1.54) is 11.8 Å². The van der Waals surface area contributed by atoms with Crippen LogP contribution in [0.4, 0.5) is 5.69 Å². The summed E-state index contributed by atoms with van der Waals surface area (Å²) < 4.78 is 11.0.